The number of benzene rings is 1. The van der Waals surface area contributed by atoms with Gasteiger partial charge in [0.2, 0.25) is 10.0 Å². The molecule has 0 unspecified atom stereocenters. The molecule has 0 bridgehead atoms. The molecule has 2 N–H and O–H groups in total. The highest BCUT2D eigenvalue weighted by molar-refractivity contribution is 7.89. The van der Waals surface area contributed by atoms with Gasteiger partial charge in [-0.15, -0.1) is 13.2 Å². The topological polar surface area (TPSA) is 66.4 Å². The quantitative estimate of drug-likeness (QED) is 0.688. The molecule has 0 saturated carbocycles. The third kappa shape index (κ3) is 4.81. The molecule has 0 spiro atoms. The molecule has 5 heteroatoms. The molecule has 21 heavy (non-hydrogen) atoms. The second-order valence-electron chi connectivity index (χ2n) is 5.28. The van der Waals surface area contributed by atoms with Crippen molar-refractivity contribution in [3.05, 3.63) is 55.1 Å². The van der Waals surface area contributed by atoms with Crippen molar-refractivity contribution in [2.45, 2.75) is 24.7 Å². The summed E-state index contributed by atoms with van der Waals surface area (Å²) in [4.78, 5) is 0.220. The number of rotatable bonds is 9. The molecule has 0 fully saturated rings. The van der Waals surface area contributed by atoms with Gasteiger partial charge in [0.05, 0.1) is 11.5 Å². The molecule has 0 heterocycles. The highest BCUT2D eigenvalue weighted by atomic mass is 32.2. The molecular weight excluding hydrogens is 286 g/mol. The molecule has 0 amide bonds. The van der Waals surface area contributed by atoms with E-state index in [1.54, 1.807) is 36.4 Å². The third-order valence-electron chi connectivity index (χ3n) is 3.46. The lowest BCUT2D eigenvalue weighted by Crippen LogP contribution is -2.39. The van der Waals surface area contributed by atoms with Crippen LogP contribution in [0.1, 0.15) is 18.4 Å². The molecule has 1 rings (SSSR count). The van der Waals surface area contributed by atoms with E-state index in [1.807, 2.05) is 6.92 Å². The molecule has 0 aromatic heterocycles. The number of allylic oxidation sites excluding steroid dienone is 2. The van der Waals surface area contributed by atoms with E-state index in [2.05, 4.69) is 17.9 Å². The van der Waals surface area contributed by atoms with Crippen LogP contribution < -0.4 is 4.72 Å². The predicted octanol–water partition coefficient (Wildman–Crippen LogP) is 2.40. The van der Waals surface area contributed by atoms with E-state index in [0.717, 1.165) is 5.56 Å². The van der Waals surface area contributed by atoms with E-state index in [1.165, 1.54) is 0 Å². The number of hydrogen-bond acceptors (Lipinski definition) is 3. The van der Waals surface area contributed by atoms with Gasteiger partial charge in [-0.05, 0) is 31.9 Å². The molecule has 1 aromatic rings. The lowest BCUT2D eigenvalue weighted by atomic mass is 9.82. The van der Waals surface area contributed by atoms with Gasteiger partial charge in [0.15, 0.2) is 0 Å². The minimum Gasteiger partial charge on any atom is -0.396 e. The van der Waals surface area contributed by atoms with Crippen LogP contribution in [0.3, 0.4) is 0 Å². The highest BCUT2D eigenvalue weighted by Crippen LogP contribution is 2.27. The van der Waals surface area contributed by atoms with Gasteiger partial charge in [-0.2, -0.15) is 0 Å². The number of nitrogens with one attached hydrogen (secondary N) is 1. The summed E-state index contributed by atoms with van der Waals surface area (Å²) in [6.07, 6.45) is 4.37. The average Bonchev–Trinajstić information content (AvgIpc) is 2.46. The first-order chi connectivity index (χ1) is 9.89. The van der Waals surface area contributed by atoms with Crippen molar-refractivity contribution in [2.75, 3.05) is 13.2 Å². The van der Waals surface area contributed by atoms with E-state index in [-0.39, 0.29) is 18.0 Å². The number of sulfonamides is 1. The van der Waals surface area contributed by atoms with Gasteiger partial charge in [0.25, 0.3) is 0 Å². The Balaban J connectivity index is 2.89. The zero-order chi connectivity index (χ0) is 15.9. The Morgan fingerprint density at radius 1 is 1.19 bits per heavy atom. The van der Waals surface area contributed by atoms with Crippen LogP contribution in [0.25, 0.3) is 0 Å². The fourth-order valence-corrected chi connectivity index (χ4v) is 3.23. The molecule has 0 saturated heterocycles. The molecule has 0 atom stereocenters. The summed E-state index contributed by atoms with van der Waals surface area (Å²) in [5, 5.41) is 9.61. The van der Waals surface area contributed by atoms with Crippen LogP contribution in [0.2, 0.25) is 0 Å². The molecule has 4 nitrogen and oxygen atoms in total. The molecule has 0 aliphatic carbocycles. The first kappa shape index (κ1) is 17.6. The highest BCUT2D eigenvalue weighted by Gasteiger charge is 2.29. The molecule has 116 valence electrons. The van der Waals surface area contributed by atoms with E-state index in [4.69, 9.17) is 0 Å². The van der Waals surface area contributed by atoms with Crippen molar-refractivity contribution in [1.82, 2.24) is 4.72 Å². The van der Waals surface area contributed by atoms with Crippen molar-refractivity contribution in [3.63, 3.8) is 0 Å². The maximum atomic E-state index is 12.3. The largest absolute Gasteiger partial charge is 0.396 e. The average molecular weight is 309 g/mol. The summed E-state index contributed by atoms with van der Waals surface area (Å²) < 4.78 is 27.1. The SMILES string of the molecule is C=CCC(CO)(CC=C)CNS(=O)(=O)c1ccc(C)cc1. The lowest BCUT2D eigenvalue weighted by Gasteiger charge is -2.29. The molecule has 0 radical (unpaired) electrons. The van der Waals surface area contributed by atoms with Gasteiger partial charge in [-0.3, -0.25) is 0 Å². The zero-order valence-electron chi connectivity index (χ0n) is 12.4. The normalized spacial score (nSPS) is 12.1. The molecule has 0 aliphatic heterocycles. The van der Waals surface area contributed by atoms with E-state index in [0.29, 0.717) is 12.8 Å². The molecule has 0 aliphatic rings. The van der Waals surface area contributed by atoms with Gasteiger partial charge in [-0.1, -0.05) is 29.8 Å². The predicted molar refractivity (Wildman–Crippen MR) is 85.5 cm³/mol. The second-order valence-corrected chi connectivity index (χ2v) is 7.05. The number of aliphatic hydroxyl groups is 1. The van der Waals surface area contributed by atoms with Crippen molar-refractivity contribution in [1.29, 1.82) is 0 Å². The number of aliphatic hydroxyl groups excluding tert-OH is 1. The first-order valence-electron chi connectivity index (χ1n) is 6.78. The van der Waals surface area contributed by atoms with Crippen LogP contribution in [0.5, 0.6) is 0 Å². The minimum atomic E-state index is -3.59. The Morgan fingerprint density at radius 2 is 1.71 bits per heavy atom. The third-order valence-corrected chi connectivity index (χ3v) is 4.88. The zero-order valence-corrected chi connectivity index (χ0v) is 13.2. The molecule has 1 aromatic carbocycles. The van der Waals surface area contributed by atoms with Crippen molar-refractivity contribution in [3.8, 4) is 0 Å². The van der Waals surface area contributed by atoms with Crippen molar-refractivity contribution >= 4 is 10.0 Å². The van der Waals surface area contributed by atoms with Crippen LogP contribution >= 0.6 is 0 Å². The van der Waals surface area contributed by atoms with E-state index < -0.39 is 15.4 Å². The van der Waals surface area contributed by atoms with Crippen molar-refractivity contribution < 1.29 is 13.5 Å². The lowest BCUT2D eigenvalue weighted by molar-refractivity contribution is 0.133. The Kier molecular flexibility index (Phi) is 6.33. The Labute approximate surface area is 127 Å². The number of hydrogen-bond donors (Lipinski definition) is 2. The second kappa shape index (κ2) is 7.54. The standard InChI is InChI=1S/C16H23NO3S/c1-4-10-16(13-18,11-5-2)12-17-21(19,20)15-8-6-14(3)7-9-15/h4-9,17-18H,1-2,10-13H2,3H3. The van der Waals surface area contributed by atoms with Crippen LogP contribution in [-0.2, 0) is 10.0 Å². The van der Waals surface area contributed by atoms with Gasteiger partial charge in [0, 0.05) is 12.0 Å². The minimum absolute atomic E-state index is 0.137. The summed E-state index contributed by atoms with van der Waals surface area (Å²) in [7, 11) is -3.59. The number of aryl methyl sites for hydroxylation is 1. The summed E-state index contributed by atoms with van der Waals surface area (Å²) >= 11 is 0. The summed E-state index contributed by atoms with van der Waals surface area (Å²) in [5.74, 6) is 0. The molecular formula is C16H23NO3S. The maximum Gasteiger partial charge on any atom is 0.240 e. The Bertz CT molecular complexity index is 566. The summed E-state index contributed by atoms with van der Waals surface area (Å²) in [5.41, 5.74) is 0.401. The van der Waals surface area contributed by atoms with E-state index >= 15 is 0 Å². The Morgan fingerprint density at radius 3 is 2.14 bits per heavy atom. The van der Waals surface area contributed by atoms with Gasteiger partial charge < -0.3 is 5.11 Å². The van der Waals surface area contributed by atoms with Gasteiger partial charge in [-0.25, -0.2) is 13.1 Å². The van der Waals surface area contributed by atoms with Gasteiger partial charge >= 0.3 is 0 Å². The fourth-order valence-electron chi connectivity index (χ4n) is 2.07. The van der Waals surface area contributed by atoms with Crippen molar-refractivity contribution in [2.24, 2.45) is 5.41 Å². The monoisotopic (exact) mass is 309 g/mol. The van der Waals surface area contributed by atoms with Gasteiger partial charge in [0.1, 0.15) is 0 Å². The van der Waals surface area contributed by atoms with Crippen LogP contribution in [0, 0.1) is 12.3 Å². The van der Waals surface area contributed by atoms with E-state index in [9.17, 15) is 13.5 Å². The summed E-state index contributed by atoms with van der Waals surface area (Å²) in [6, 6.07) is 6.64. The fraction of sp³-hybridized carbons (Fsp3) is 0.375. The van der Waals surface area contributed by atoms with Crippen LogP contribution in [0.4, 0.5) is 0 Å². The van der Waals surface area contributed by atoms with Crippen LogP contribution in [-0.4, -0.2) is 26.7 Å². The maximum absolute atomic E-state index is 12.3. The van der Waals surface area contributed by atoms with Crippen LogP contribution in [0.15, 0.2) is 54.5 Å². The first-order valence-corrected chi connectivity index (χ1v) is 8.26. The summed E-state index contributed by atoms with van der Waals surface area (Å²) in [6.45, 7) is 9.23. The smallest absolute Gasteiger partial charge is 0.240 e. The Hall–Kier alpha value is -1.43.